The van der Waals surface area contributed by atoms with E-state index in [0.717, 1.165) is 5.56 Å². The molecule has 25 heavy (non-hydrogen) atoms. The van der Waals surface area contributed by atoms with Crippen LogP contribution in [0.3, 0.4) is 0 Å². The molecule has 142 valence electrons. The Bertz CT molecular complexity index is 800. The predicted octanol–water partition coefficient (Wildman–Crippen LogP) is -0.141. The van der Waals surface area contributed by atoms with Crippen molar-refractivity contribution in [1.29, 1.82) is 0 Å². The third-order valence-electron chi connectivity index (χ3n) is 4.12. The summed E-state index contributed by atoms with van der Waals surface area (Å²) in [5, 5.41) is 0. The second kappa shape index (κ2) is 8.00. The first-order chi connectivity index (χ1) is 11.7. The molecule has 1 heterocycles. The molecule has 1 aliphatic rings. The molecule has 8 nitrogen and oxygen atoms in total. The zero-order valence-corrected chi connectivity index (χ0v) is 16.4. The third-order valence-corrected chi connectivity index (χ3v) is 7.47. The van der Waals surface area contributed by atoms with Gasteiger partial charge in [-0.25, -0.2) is 21.6 Å². The molecule has 1 saturated heterocycles. The van der Waals surface area contributed by atoms with Gasteiger partial charge in [0.1, 0.15) is 10.6 Å². The fourth-order valence-electron chi connectivity index (χ4n) is 2.57. The van der Waals surface area contributed by atoms with Gasteiger partial charge in [-0.3, -0.25) is 0 Å². The van der Waals surface area contributed by atoms with Crippen molar-refractivity contribution in [2.75, 3.05) is 52.6 Å². The van der Waals surface area contributed by atoms with Crippen LogP contribution >= 0.6 is 0 Å². The highest BCUT2D eigenvalue weighted by molar-refractivity contribution is 7.90. The lowest BCUT2D eigenvalue weighted by Crippen LogP contribution is -2.48. The largest absolute Gasteiger partial charge is 0.495 e. The molecule has 0 spiro atoms. The standard InChI is InChI=1S/C15H25N3O5S2/c1-13-4-5-14(23-3)15(12-13)25(21,22)16-6-11-24(19,20)18-9-7-17(2)8-10-18/h4-5,12,16H,6-11H2,1-3H3. The fourth-order valence-corrected chi connectivity index (χ4v) is 5.32. The van der Waals surface area contributed by atoms with Crippen LogP contribution in [-0.4, -0.2) is 78.7 Å². The monoisotopic (exact) mass is 391 g/mol. The van der Waals surface area contributed by atoms with Crippen LogP contribution in [0.25, 0.3) is 0 Å². The van der Waals surface area contributed by atoms with E-state index >= 15 is 0 Å². The summed E-state index contributed by atoms with van der Waals surface area (Å²) >= 11 is 0. The molecule has 0 bridgehead atoms. The van der Waals surface area contributed by atoms with Crippen molar-refractivity contribution in [3.8, 4) is 5.75 Å². The second-order valence-electron chi connectivity index (χ2n) is 6.07. The van der Waals surface area contributed by atoms with Crippen LogP contribution in [0, 0.1) is 6.92 Å². The Morgan fingerprint density at radius 2 is 1.76 bits per heavy atom. The van der Waals surface area contributed by atoms with Gasteiger partial charge in [0, 0.05) is 32.7 Å². The SMILES string of the molecule is COc1ccc(C)cc1S(=O)(=O)NCCS(=O)(=O)N1CCN(C)CC1. The predicted molar refractivity (Wildman–Crippen MR) is 95.8 cm³/mol. The van der Waals surface area contributed by atoms with Gasteiger partial charge in [0.2, 0.25) is 20.0 Å². The maximum absolute atomic E-state index is 12.5. The summed E-state index contributed by atoms with van der Waals surface area (Å²) in [5.41, 5.74) is 0.770. The topological polar surface area (TPSA) is 96.0 Å². The first kappa shape index (κ1) is 20.1. The summed E-state index contributed by atoms with van der Waals surface area (Å²) in [6.45, 7) is 3.79. The van der Waals surface area contributed by atoms with Gasteiger partial charge in [-0.1, -0.05) is 6.07 Å². The molecule has 0 unspecified atom stereocenters. The van der Waals surface area contributed by atoms with E-state index in [9.17, 15) is 16.8 Å². The Balaban J connectivity index is 2.02. The number of methoxy groups -OCH3 is 1. The van der Waals surface area contributed by atoms with Crippen molar-refractivity contribution < 1.29 is 21.6 Å². The zero-order chi connectivity index (χ0) is 18.7. The molecule has 0 aliphatic carbocycles. The molecule has 1 fully saturated rings. The maximum Gasteiger partial charge on any atom is 0.244 e. The van der Waals surface area contributed by atoms with E-state index in [-0.39, 0.29) is 22.9 Å². The first-order valence-corrected chi connectivity index (χ1v) is 11.1. The molecule has 1 aromatic rings. The van der Waals surface area contributed by atoms with Crippen molar-refractivity contribution in [3.63, 3.8) is 0 Å². The van der Waals surface area contributed by atoms with Crippen molar-refractivity contribution in [2.24, 2.45) is 0 Å². The van der Waals surface area contributed by atoms with Crippen LogP contribution in [0.2, 0.25) is 0 Å². The summed E-state index contributed by atoms with van der Waals surface area (Å²) in [7, 11) is -4.01. The Hall–Kier alpha value is -1.20. The molecule has 0 saturated carbocycles. The summed E-state index contributed by atoms with van der Waals surface area (Å²) in [6, 6.07) is 4.82. The molecular formula is C15H25N3O5S2. The lowest BCUT2D eigenvalue weighted by molar-refractivity contribution is 0.222. The van der Waals surface area contributed by atoms with Gasteiger partial charge in [0.05, 0.1) is 12.9 Å². The Morgan fingerprint density at radius 1 is 1.12 bits per heavy atom. The molecule has 0 radical (unpaired) electrons. The zero-order valence-electron chi connectivity index (χ0n) is 14.7. The molecular weight excluding hydrogens is 366 g/mol. The number of nitrogens with one attached hydrogen (secondary N) is 1. The smallest absolute Gasteiger partial charge is 0.244 e. The Kier molecular flexibility index (Phi) is 6.44. The minimum absolute atomic E-state index is 0.00648. The van der Waals surface area contributed by atoms with Crippen molar-refractivity contribution >= 4 is 20.0 Å². The number of piperazine rings is 1. The molecule has 1 N–H and O–H groups in total. The molecule has 2 rings (SSSR count). The van der Waals surface area contributed by atoms with Gasteiger partial charge >= 0.3 is 0 Å². The van der Waals surface area contributed by atoms with Crippen molar-refractivity contribution in [3.05, 3.63) is 23.8 Å². The lowest BCUT2D eigenvalue weighted by Gasteiger charge is -2.31. The number of hydrogen-bond acceptors (Lipinski definition) is 6. The van der Waals surface area contributed by atoms with E-state index in [4.69, 9.17) is 4.74 Å². The number of aryl methyl sites for hydroxylation is 1. The summed E-state index contributed by atoms with van der Waals surface area (Å²) in [6.07, 6.45) is 0. The number of ether oxygens (including phenoxy) is 1. The first-order valence-electron chi connectivity index (χ1n) is 7.96. The molecule has 0 amide bonds. The molecule has 1 aliphatic heterocycles. The summed E-state index contributed by atoms with van der Waals surface area (Å²) in [5.74, 6) is -0.0515. The van der Waals surface area contributed by atoms with Gasteiger partial charge in [0.15, 0.2) is 0 Å². The highest BCUT2D eigenvalue weighted by atomic mass is 32.2. The van der Waals surface area contributed by atoms with Crippen LogP contribution in [0.5, 0.6) is 5.75 Å². The van der Waals surface area contributed by atoms with E-state index in [1.165, 1.54) is 17.5 Å². The second-order valence-corrected chi connectivity index (χ2v) is 9.89. The van der Waals surface area contributed by atoms with Gasteiger partial charge < -0.3 is 9.64 Å². The van der Waals surface area contributed by atoms with Crippen LogP contribution in [0.1, 0.15) is 5.56 Å². The summed E-state index contributed by atoms with van der Waals surface area (Å²) < 4.78 is 58.5. The minimum Gasteiger partial charge on any atom is -0.495 e. The maximum atomic E-state index is 12.5. The number of likely N-dealkylation sites (N-methyl/N-ethyl adjacent to an activating group) is 1. The average Bonchev–Trinajstić information content (AvgIpc) is 2.55. The molecule has 0 atom stereocenters. The number of sulfonamides is 2. The normalized spacial score (nSPS) is 17.6. The Labute approximate surface area is 149 Å². The third kappa shape index (κ3) is 5.14. The van der Waals surface area contributed by atoms with E-state index in [1.807, 2.05) is 7.05 Å². The van der Waals surface area contributed by atoms with Crippen LogP contribution in [0.15, 0.2) is 23.1 Å². The van der Waals surface area contributed by atoms with Gasteiger partial charge in [-0.2, -0.15) is 4.31 Å². The number of rotatable bonds is 7. The average molecular weight is 392 g/mol. The van der Waals surface area contributed by atoms with E-state index in [1.54, 1.807) is 19.1 Å². The van der Waals surface area contributed by atoms with E-state index in [0.29, 0.717) is 26.2 Å². The number of hydrogen-bond donors (Lipinski definition) is 1. The Morgan fingerprint density at radius 3 is 2.36 bits per heavy atom. The van der Waals surface area contributed by atoms with Crippen molar-refractivity contribution in [2.45, 2.75) is 11.8 Å². The molecule has 10 heteroatoms. The molecule has 0 aromatic heterocycles. The minimum atomic E-state index is -3.85. The summed E-state index contributed by atoms with van der Waals surface area (Å²) in [4.78, 5) is 2.06. The van der Waals surface area contributed by atoms with Gasteiger partial charge in [-0.15, -0.1) is 0 Å². The van der Waals surface area contributed by atoms with Gasteiger partial charge in [0.25, 0.3) is 0 Å². The van der Waals surface area contributed by atoms with E-state index in [2.05, 4.69) is 9.62 Å². The van der Waals surface area contributed by atoms with Crippen molar-refractivity contribution in [1.82, 2.24) is 13.9 Å². The fraction of sp³-hybridized carbons (Fsp3) is 0.600. The highest BCUT2D eigenvalue weighted by Crippen LogP contribution is 2.24. The van der Waals surface area contributed by atoms with E-state index < -0.39 is 20.0 Å². The lowest BCUT2D eigenvalue weighted by atomic mass is 10.2. The number of benzene rings is 1. The van der Waals surface area contributed by atoms with Gasteiger partial charge in [-0.05, 0) is 31.7 Å². The molecule has 1 aromatic carbocycles. The highest BCUT2D eigenvalue weighted by Gasteiger charge is 2.26. The quantitative estimate of drug-likeness (QED) is 0.695. The number of nitrogens with zero attached hydrogens (tertiary/aromatic N) is 2. The van der Waals surface area contributed by atoms with Crippen LogP contribution < -0.4 is 9.46 Å². The van der Waals surface area contributed by atoms with Crippen LogP contribution in [0.4, 0.5) is 0 Å². The van der Waals surface area contributed by atoms with Crippen LogP contribution in [-0.2, 0) is 20.0 Å².